The number of carbonyl (C=O) groups excluding carboxylic acids is 2. The second-order valence-electron chi connectivity index (χ2n) is 9.36. The van der Waals surface area contributed by atoms with Crippen molar-refractivity contribution in [1.29, 1.82) is 0 Å². The highest BCUT2D eigenvalue weighted by Crippen LogP contribution is 2.50. The molecule has 5 rings (SSSR count). The lowest BCUT2D eigenvalue weighted by Gasteiger charge is -2.49. The molecule has 11 nitrogen and oxygen atoms in total. The number of carbonyl (C=O) groups is 2. The molecule has 2 aromatic carbocycles. The van der Waals surface area contributed by atoms with Crippen LogP contribution in [0.1, 0.15) is 37.8 Å². The number of ether oxygens (including phenoxy) is 2. The Kier molecular flexibility index (Phi) is 5.80. The lowest BCUT2D eigenvalue weighted by molar-refractivity contribution is -0.117. The number of aliphatic hydroxyl groups excluding tert-OH is 3. The van der Waals surface area contributed by atoms with E-state index in [1.54, 1.807) is 18.2 Å². The molecule has 0 radical (unpaired) electrons. The number of aromatic hydroxyl groups is 1. The Bertz CT molecular complexity index is 1190. The fourth-order valence-electron chi connectivity index (χ4n) is 5.19. The van der Waals surface area contributed by atoms with Crippen molar-refractivity contribution in [2.75, 3.05) is 20.9 Å². The fraction of sp³-hybridized carbons (Fsp3) is 0.417. The maximum absolute atomic E-state index is 13.2. The third-order valence-electron chi connectivity index (χ3n) is 6.75. The van der Waals surface area contributed by atoms with Gasteiger partial charge in [0.15, 0.2) is 11.5 Å². The molecule has 2 heterocycles. The average Bonchev–Trinajstić information content (AvgIpc) is 3.29. The van der Waals surface area contributed by atoms with Gasteiger partial charge < -0.3 is 45.4 Å². The predicted molar refractivity (Wildman–Crippen MR) is 121 cm³/mol. The summed E-state index contributed by atoms with van der Waals surface area (Å²) in [6.07, 6.45) is -4.71. The molecule has 0 aromatic heterocycles. The van der Waals surface area contributed by atoms with E-state index in [9.17, 15) is 30.0 Å². The number of hydrogen-bond acceptors (Lipinski definition) is 9. The smallest absolute Gasteiger partial charge is 0.255 e. The number of benzene rings is 2. The van der Waals surface area contributed by atoms with Gasteiger partial charge in [0.2, 0.25) is 12.5 Å². The lowest BCUT2D eigenvalue weighted by Crippen LogP contribution is -2.69. The molecule has 2 unspecified atom stereocenters. The highest BCUT2D eigenvalue weighted by Gasteiger charge is 2.54. The van der Waals surface area contributed by atoms with Crippen LogP contribution < -0.4 is 20.1 Å². The summed E-state index contributed by atoms with van der Waals surface area (Å²) < 4.78 is 10.6. The second-order valence-corrected chi connectivity index (χ2v) is 9.36. The number of fused-ring (bicyclic) bond motifs is 4. The zero-order valence-electron chi connectivity index (χ0n) is 19.1. The maximum Gasteiger partial charge on any atom is 0.255 e. The standard InChI is InChI=1S/C24H27N3O8/c1-27(2)8-10-4-3-5-11(6-10)23(32)25-16-14-12-7-13-22(35-9-34-13)18(28)15(12)24(33)26-17(14)20(30)21(31)19(16)29/h3-7,14,16-17,19-21,28-31H,8-9H2,1-2H3,(H,25,32)(H,26,33)/t14?,16?,17-,19+,20+,21-/m1/s1. The number of nitrogens with one attached hydrogen (secondary N) is 2. The van der Waals surface area contributed by atoms with E-state index in [4.69, 9.17) is 9.47 Å². The highest BCUT2D eigenvalue weighted by molar-refractivity contribution is 6.02. The quantitative estimate of drug-likeness (QED) is 0.328. The van der Waals surface area contributed by atoms with Gasteiger partial charge in [0.05, 0.1) is 17.6 Å². The lowest BCUT2D eigenvalue weighted by atomic mass is 9.68. The molecule has 2 amide bonds. The Morgan fingerprint density at radius 1 is 1.14 bits per heavy atom. The molecule has 6 atom stereocenters. The van der Waals surface area contributed by atoms with Crippen molar-refractivity contribution in [2.24, 2.45) is 0 Å². The van der Waals surface area contributed by atoms with E-state index >= 15 is 0 Å². The molecule has 6 N–H and O–H groups in total. The second kappa shape index (κ2) is 8.68. The van der Waals surface area contributed by atoms with Crippen LogP contribution in [-0.2, 0) is 6.54 Å². The number of nitrogens with zero attached hydrogens (tertiary/aromatic N) is 1. The first-order valence-electron chi connectivity index (χ1n) is 11.2. The van der Waals surface area contributed by atoms with Crippen molar-refractivity contribution in [3.05, 3.63) is 52.6 Å². The molecular weight excluding hydrogens is 458 g/mol. The van der Waals surface area contributed by atoms with Crippen LogP contribution in [0.2, 0.25) is 0 Å². The van der Waals surface area contributed by atoms with Gasteiger partial charge in [-0.25, -0.2) is 0 Å². The van der Waals surface area contributed by atoms with E-state index in [0.29, 0.717) is 12.1 Å². The van der Waals surface area contributed by atoms with E-state index in [0.717, 1.165) is 5.56 Å². The van der Waals surface area contributed by atoms with Gasteiger partial charge in [-0.3, -0.25) is 9.59 Å². The molecule has 186 valence electrons. The largest absolute Gasteiger partial charge is 0.504 e. The first-order chi connectivity index (χ1) is 16.7. The van der Waals surface area contributed by atoms with Crippen LogP contribution in [0, 0.1) is 0 Å². The zero-order chi connectivity index (χ0) is 25.0. The molecule has 11 heteroatoms. The zero-order valence-corrected chi connectivity index (χ0v) is 19.1. The van der Waals surface area contributed by atoms with E-state index in [-0.39, 0.29) is 29.4 Å². The molecule has 1 saturated carbocycles. The number of amides is 2. The normalized spacial score (nSPS) is 28.8. The minimum Gasteiger partial charge on any atom is -0.504 e. The molecular formula is C24H27N3O8. The van der Waals surface area contributed by atoms with Crippen molar-refractivity contribution < 1.29 is 39.5 Å². The Morgan fingerprint density at radius 2 is 1.91 bits per heavy atom. The van der Waals surface area contributed by atoms with Crippen LogP contribution in [0.3, 0.4) is 0 Å². The monoisotopic (exact) mass is 485 g/mol. The molecule has 1 aliphatic carbocycles. The van der Waals surface area contributed by atoms with Crippen LogP contribution in [0.25, 0.3) is 0 Å². The number of hydrogen-bond donors (Lipinski definition) is 6. The molecule has 1 fully saturated rings. The first-order valence-corrected chi connectivity index (χ1v) is 11.2. The van der Waals surface area contributed by atoms with Gasteiger partial charge in [-0.15, -0.1) is 0 Å². The summed E-state index contributed by atoms with van der Waals surface area (Å²) in [6.45, 7) is 0.476. The van der Waals surface area contributed by atoms with Gasteiger partial charge in [0.1, 0.15) is 18.3 Å². The molecule has 3 aliphatic rings. The molecule has 0 bridgehead atoms. The number of phenols is 1. The van der Waals surface area contributed by atoms with Crippen LogP contribution in [0.5, 0.6) is 17.2 Å². The van der Waals surface area contributed by atoms with E-state index in [1.165, 1.54) is 6.07 Å². The molecule has 2 aromatic rings. The minimum absolute atomic E-state index is 0.0209. The van der Waals surface area contributed by atoms with Gasteiger partial charge in [-0.05, 0) is 43.4 Å². The summed E-state index contributed by atoms with van der Waals surface area (Å²) in [7, 11) is 3.82. The number of rotatable bonds is 4. The maximum atomic E-state index is 13.2. The summed E-state index contributed by atoms with van der Waals surface area (Å²) in [5.41, 5.74) is 1.42. The van der Waals surface area contributed by atoms with Crippen molar-refractivity contribution >= 4 is 11.8 Å². The molecule has 2 aliphatic heterocycles. The predicted octanol–water partition coefficient (Wildman–Crippen LogP) is -0.727. The van der Waals surface area contributed by atoms with Crippen molar-refractivity contribution in [1.82, 2.24) is 15.5 Å². The summed E-state index contributed by atoms with van der Waals surface area (Å²) >= 11 is 0. The molecule has 0 spiro atoms. The third-order valence-corrected chi connectivity index (χ3v) is 6.75. The fourth-order valence-corrected chi connectivity index (χ4v) is 5.19. The highest BCUT2D eigenvalue weighted by atomic mass is 16.7. The van der Waals surface area contributed by atoms with E-state index < -0.39 is 53.9 Å². The van der Waals surface area contributed by atoms with Gasteiger partial charge in [0.25, 0.3) is 11.8 Å². The van der Waals surface area contributed by atoms with Crippen LogP contribution in [0.4, 0.5) is 0 Å². The van der Waals surface area contributed by atoms with Crippen molar-refractivity contribution in [3.8, 4) is 17.2 Å². The summed E-state index contributed by atoms with van der Waals surface area (Å²) in [6, 6.07) is 6.35. The Balaban J connectivity index is 1.54. The third kappa shape index (κ3) is 3.86. The Labute approximate surface area is 200 Å². The number of phenolic OH excluding ortho intramolecular Hbond substituents is 1. The van der Waals surface area contributed by atoms with Crippen molar-refractivity contribution in [3.63, 3.8) is 0 Å². The first kappa shape index (κ1) is 23.4. The molecule has 35 heavy (non-hydrogen) atoms. The van der Waals surface area contributed by atoms with Gasteiger partial charge >= 0.3 is 0 Å². The van der Waals surface area contributed by atoms with E-state index in [2.05, 4.69) is 10.6 Å². The van der Waals surface area contributed by atoms with Gasteiger partial charge in [-0.2, -0.15) is 0 Å². The Hall–Kier alpha value is -3.38. The summed E-state index contributed by atoms with van der Waals surface area (Å²) in [4.78, 5) is 28.0. The summed E-state index contributed by atoms with van der Waals surface area (Å²) in [5.74, 6) is -2.27. The molecule has 0 saturated heterocycles. The van der Waals surface area contributed by atoms with Crippen LogP contribution >= 0.6 is 0 Å². The van der Waals surface area contributed by atoms with Crippen LogP contribution in [-0.4, -0.2) is 88.4 Å². The van der Waals surface area contributed by atoms with E-state index in [1.807, 2.05) is 25.1 Å². The van der Waals surface area contributed by atoms with Crippen LogP contribution in [0.15, 0.2) is 30.3 Å². The van der Waals surface area contributed by atoms with Gasteiger partial charge in [0, 0.05) is 18.0 Å². The van der Waals surface area contributed by atoms with Gasteiger partial charge in [-0.1, -0.05) is 12.1 Å². The topological polar surface area (TPSA) is 161 Å². The average molecular weight is 485 g/mol. The summed E-state index contributed by atoms with van der Waals surface area (Å²) in [5, 5.41) is 48.2. The SMILES string of the molecule is CN(C)Cc1cccc(C(=O)NC2C3c4cc5c(c(O)c4C(=O)N[C@H]3[C@H](O)[C@H](O)[C@H]2O)OCO5)c1. The minimum atomic E-state index is -1.63. The van der Waals surface area contributed by atoms with Crippen molar-refractivity contribution in [2.45, 2.75) is 42.9 Å². The Morgan fingerprint density at radius 3 is 2.66 bits per heavy atom. The number of aliphatic hydroxyl groups is 3.